The fourth-order valence-corrected chi connectivity index (χ4v) is 2.21. The summed E-state index contributed by atoms with van der Waals surface area (Å²) in [6.45, 7) is 1.06. The molecule has 4 heteroatoms. The van der Waals surface area contributed by atoms with Crippen molar-refractivity contribution < 1.29 is 14.3 Å². The zero-order chi connectivity index (χ0) is 13.9. The highest BCUT2D eigenvalue weighted by Gasteiger charge is 2.15. The Labute approximate surface area is 117 Å². The van der Waals surface area contributed by atoms with E-state index in [2.05, 4.69) is 0 Å². The Hall–Kier alpha value is -2.49. The lowest BCUT2D eigenvalue weighted by Crippen LogP contribution is -2.16. The fourth-order valence-electron chi connectivity index (χ4n) is 2.21. The van der Waals surface area contributed by atoms with E-state index in [1.807, 2.05) is 18.2 Å². The van der Waals surface area contributed by atoms with Gasteiger partial charge in [-0.05, 0) is 35.9 Å². The van der Waals surface area contributed by atoms with Crippen molar-refractivity contribution >= 4 is 11.5 Å². The number of fused-ring (bicyclic) bond motifs is 1. The van der Waals surface area contributed by atoms with Crippen LogP contribution in [0.1, 0.15) is 15.9 Å². The number of carbonyl (C=O) groups is 1. The van der Waals surface area contributed by atoms with Crippen LogP contribution in [0.5, 0.6) is 11.5 Å². The van der Waals surface area contributed by atoms with Crippen LogP contribution in [0.15, 0.2) is 42.5 Å². The van der Waals surface area contributed by atoms with E-state index in [4.69, 9.17) is 15.2 Å². The molecule has 1 aliphatic rings. The Morgan fingerprint density at radius 2 is 1.85 bits per heavy atom. The summed E-state index contributed by atoms with van der Waals surface area (Å²) >= 11 is 0. The van der Waals surface area contributed by atoms with Crippen LogP contribution < -0.4 is 15.2 Å². The monoisotopic (exact) mass is 269 g/mol. The Morgan fingerprint density at radius 3 is 2.65 bits per heavy atom. The Bertz CT molecular complexity index is 652. The van der Waals surface area contributed by atoms with Gasteiger partial charge in [0, 0.05) is 17.7 Å². The first kappa shape index (κ1) is 12.5. The summed E-state index contributed by atoms with van der Waals surface area (Å²) in [5, 5.41) is 0. The van der Waals surface area contributed by atoms with Gasteiger partial charge < -0.3 is 15.2 Å². The highest BCUT2D eigenvalue weighted by molar-refractivity contribution is 5.98. The summed E-state index contributed by atoms with van der Waals surface area (Å²) < 4.78 is 10.9. The molecule has 1 heterocycles. The average molecular weight is 269 g/mol. The van der Waals surface area contributed by atoms with E-state index < -0.39 is 0 Å². The molecule has 2 aromatic carbocycles. The van der Waals surface area contributed by atoms with Gasteiger partial charge in [0.05, 0.1) is 0 Å². The Kier molecular flexibility index (Phi) is 3.29. The van der Waals surface area contributed by atoms with Crippen molar-refractivity contribution in [2.45, 2.75) is 6.42 Å². The molecule has 0 amide bonds. The maximum absolute atomic E-state index is 12.3. The third-order valence-electron chi connectivity index (χ3n) is 3.18. The van der Waals surface area contributed by atoms with Crippen LogP contribution in [-0.2, 0) is 6.42 Å². The molecule has 0 bridgehead atoms. The van der Waals surface area contributed by atoms with Crippen LogP contribution in [0.3, 0.4) is 0 Å². The van der Waals surface area contributed by atoms with Crippen molar-refractivity contribution in [1.29, 1.82) is 0 Å². The smallest absolute Gasteiger partial charge is 0.167 e. The van der Waals surface area contributed by atoms with Crippen LogP contribution in [0.4, 0.5) is 5.69 Å². The van der Waals surface area contributed by atoms with Gasteiger partial charge in [0.1, 0.15) is 13.2 Å². The van der Waals surface area contributed by atoms with E-state index in [0.717, 1.165) is 5.56 Å². The van der Waals surface area contributed by atoms with Crippen molar-refractivity contribution in [2.24, 2.45) is 0 Å². The molecule has 0 radical (unpaired) electrons. The van der Waals surface area contributed by atoms with Crippen molar-refractivity contribution in [1.82, 2.24) is 0 Å². The van der Waals surface area contributed by atoms with Gasteiger partial charge in [-0.15, -0.1) is 0 Å². The van der Waals surface area contributed by atoms with Gasteiger partial charge in [-0.25, -0.2) is 0 Å². The van der Waals surface area contributed by atoms with Crippen LogP contribution >= 0.6 is 0 Å². The van der Waals surface area contributed by atoms with Gasteiger partial charge in [0.25, 0.3) is 0 Å². The topological polar surface area (TPSA) is 61.6 Å². The lowest BCUT2D eigenvalue weighted by atomic mass is 10.0. The lowest BCUT2D eigenvalue weighted by Gasteiger charge is -2.18. The summed E-state index contributed by atoms with van der Waals surface area (Å²) in [4.78, 5) is 12.3. The van der Waals surface area contributed by atoms with Crippen molar-refractivity contribution in [3.8, 4) is 11.5 Å². The van der Waals surface area contributed by atoms with Crippen molar-refractivity contribution in [3.63, 3.8) is 0 Å². The maximum atomic E-state index is 12.3. The fraction of sp³-hybridized carbons (Fsp3) is 0.188. The van der Waals surface area contributed by atoms with E-state index >= 15 is 0 Å². The standard InChI is InChI=1S/C16H15NO3/c17-13-3-1-2-11(8-13)9-14(18)12-4-5-15-16(10-12)20-7-6-19-15/h1-5,8,10H,6-7,9,17H2. The molecule has 0 aliphatic carbocycles. The number of ketones is 1. The quantitative estimate of drug-likeness (QED) is 0.687. The molecule has 2 aromatic rings. The minimum atomic E-state index is 0.0348. The van der Waals surface area contributed by atoms with E-state index in [0.29, 0.717) is 42.4 Å². The van der Waals surface area contributed by atoms with E-state index in [9.17, 15) is 4.79 Å². The molecule has 0 aromatic heterocycles. The van der Waals surface area contributed by atoms with Crippen molar-refractivity contribution in [3.05, 3.63) is 53.6 Å². The summed E-state index contributed by atoms with van der Waals surface area (Å²) in [6, 6.07) is 12.6. The summed E-state index contributed by atoms with van der Waals surface area (Å²) in [7, 11) is 0. The van der Waals surface area contributed by atoms with Gasteiger partial charge >= 0.3 is 0 Å². The second-order valence-corrected chi connectivity index (χ2v) is 4.70. The molecule has 0 spiro atoms. The number of benzene rings is 2. The van der Waals surface area contributed by atoms with E-state index in [1.54, 1.807) is 24.3 Å². The van der Waals surface area contributed by atoms with Gasteiger partial charge in [-0.2, -0.15) is 0 Å². The Morgan fingerprint density at radius 1 is 1.05 bits per heavy atom. The first-order valence-corrected chi connectivity index (χ1v) is 6.49. The molecule has 20 heavy (non-hydrogen) atoms. The average Bonchev–Trinajstić information content (AvgIpc) is 2.47. The molecular formula is C16H15NO3. The lowest BCUT2D eigenvalue weighted by molar-refractivity contribution is 0.0991. The van der Waals surface area contributed by atoms with Crippen LogP contribution in [0, 0.1) is 0 Å². The van der Waals surface area contributed by atoms with Gasteiger partial charge in [-0.1, -0.05) is 12.1 Å². The minimum absolute atomic E-state index is 0.0348. The second kappa shape index (κ2) is 5.25. The maximum Gasteiger partial charge on any atom is 0.167 e. The first-order valence-electron chi connectivity index (χ1n) is 6.49. The highest BCUT2D eigenvalue weighted by Crippen LogP contribution is 2.31. The SMILES string of the molecule is Nc1cccc(CC(=O)c2ccc3c(c2)OCCO3)c1. The molecule has 0 unspecified atom stereocenters. The third kappa shape index (κ3) is 2.59. The van der Waals surface area contributed by atoms with Gasteiger partial charge in [0.2, 0.25) is 0 Å². The van der Waals surface area contributed by atoms with Crippen molar-refractivity contribution in [2.75, 3.05) is 18.9 Å². The molecule has 0 saturated heterocycles. The molecule has 102 valence electrons. The largest absolute Gasteiger partial charge is 0.486 e. The predicted molar refractivity (Wildman–Crippen MR) is 76.3 cm³/mol. The predicted octanol–water partition coefficient (Wildman–Crippen LogP) is 2.47. The number of nitrogen functional groups attached to an aromatic ring is 1. The number of anilines is 1. The third-order valence-corrected chi connectivity index (χ3v) is 3.18. The second-order valence-electron chi connectivity index (χ2n) is 4.70. The summed E-state index contributed by atoms with van der Waals surface area (Å²) in [6.07, 6.45) is 0.324. The molecule has 2 N–H and O–H groups in total. The normalized spacial score (nSPS) is 13.0. The zero-order valence-electron chi connectivity index (χ0n) is 11.0. The Balaban J connectivity index is 1.80. The number of rotatable bonds is 3. The summed E-state index contributed by atoms with van der Waals surface area (Å²) in [5.41, 5.74) is 7.91. The molecule has 0 fully saturated rings. The zero-order valence-corrected chi connectivity index (χ0v) is 11.0. The van der Waals surface area contributed by atoms with E-state index in [1.165, 1.54) is 0 Å². The number of hydrogen-bond acceptors (Lipinski definition) is 4. The number of hydrogen-bond donors (Lipinski definition) is 1. The highest BCUT2D eigenvalue weighted by atomic mass is 16.6. The van der Waals surface area contributed by atoms with Crippen LogP contribution in [0.2, 0.25) is 0 Å². The molecule has 0 atom stereocenters. The molecular weight excluding hydrogens is 254 g/mol. The molecule has 1 aliphatic heterocycles. The molecule has 4 nitrogen and oxygen atoms in total. The molecule has 0 saturated carbocycles. The van der Waals surface area contributed by atoms with Gasteiger partial charge in [0.15, 0.2) is 17.3 Å². The molecule has 3 rings (SSSR count). The number of Topliss-reactive ketones (excluding diaryl/α,β-unsaturated/α-hetero) is 1. The van der Waals surface area contributed by atoms with Crippen LogP contribution in [0.25, 0.3) is 0 Å². The number of carbonyl (C=O) groups excluding carboxylic acids is 1. The summed E-state index contributed by atoms with van der Waals surface area (Å²) in [5.74, 6) is 1.36. The van der Waals surface area contributed by atoms with Gasteiger partial charge in [-0.3, -0.25) is 4.79 Å². The first-order chi connectivity index (χ1) is 9.72. The minimum Gasteiger partial charge on any atom is -0.486 e. The van der Waals surface area contributed by atoms with Crippen LogP contribution in [-0.4, -0.2) is 19.0 Å². The van der Waals surface area contributed by atoms with E-state index in [-0.39, 0.29) is 5.78 Å². The number of ether oxygens (including phenoxy) is 2. The number of nitrogens with two attached hydrogens (primary N) is 1.